The number of rotatable bonds is 2. The molecule has 0 aliphatic carbocycles. The van der Waals surface area contributed by atoms with E-state index in [0.717, 1.165) is 8.45 Å². The lowest BCUT2D eigenvalue weighted by molar-refractivity contribution is 0.103. The average Bonchev–Trinajstić information content (AvgIpc) is 2.73. The van der Waals surface area contributed by atoms with E-state index in [9.17, 15) is 4.79 Å². The van der Waals surface area contributed by atoms with E-state index in [4.69, 9.17) is 0 Å². The van der Waals surface area contributed by atoms with E-state index in [1.165, 1.54) is 0 Å². The molecule has 0 aliphatic rings. The quantitative estimate of drug-likeness (QED) is 0.629. The van der Waals surface area contributed by atoms with Crippen LogP contribution in [0.1, 0.15) is 15.9 Å². The first-order valence-electron chi connectivity index (χ1n) is 3.94. The van der Waals surface area contributed by atoms with E-state index in [2.05, 4.69) is 27.7 Å². The molecule has 14 heavy (non-hydrogen) atoms. The highest BCUT2D eigenvalue weighted by Gasteiger charge is 2.11. The lowest BCUT2D eigenvalue weighted by atomic mass is 10.1. The number of carbonyl (C=O) groups excluding carboxylic acids is 1. The molecule has 0 amide bonds. The minimum atomic E-state index is 0.0391. The van der Waals surface area contributed by atoms with Crippen molar-refractivity contribution in [3.8, 4) is 0 Å². The first-order valence-corrected chi connectivity index (χ1v) is 5.90. The molecule has 0 aromatic carbocycles. The topological polar surface area (TPSA) is 34.9 Å². The summed E-state index contributed by atoms with van der Waals surface area (Å²) in [6.07, 6.45) is 3.32. The van der Waals surface area contributed by atoms with Crippen LogP contribution in [0.2, 0.25) is 0 Å². The molecule has 0 bridgehead atoms. The van der Waals surface area contributed by atoms with Crippen molar-refractivity contribution in [2.75, 3.05) is 0 Å². The average molecular weight is 318 g/mol. The van der Waals surface area contributed by atoms with E-state index in [0.29, 0.717) is 5.56 Å². The molecule has 2 aromatic rings. The number of aryl methyl sites for hydroxylation is 1. The molecule has 2 rings (SSSR count). The van der Waals surface area contributed by atoms with Gasteiger partial charge in [0.1, 0.15) is 0 Å². The molecule has 0 saturated carbocycles. The SMILES string of the molecule is Cn1cc(C(=O)c2csc(I)c2)cn1. The third kappa shape index (κ3) is 1.88. The number of nitrogens with zero attached hydrogens (tertiary/aromatic N) is 2. The molecule has 0 N–H and O–H groups in total. The van der Waals surface area contributed by atoms with Gasteiger partial charge in [-0.15, -0.1) is 11.3 Å². The minimum Gasteiger partial charge on any atom is -0.288 e. The van der Waals surface area contributed by atoms with Crippen LogP contribution in [-0.2, 0) is 7.05 Å². The summed E-state index contributed by atoms with van der Waals surface area (Å²) in [6.45, 7) is 0. The smallest absolute Gasteiger partial charge is 0.197 e. The van der Waals surface area contributed by atoms with Crippen LogP contribution in [0.15, 0.2) is 23.8 Å². The van der Waals surface area contributed by atoms with E-state index in [1.54, 1.807) is 35.5 Å². The number of hydrogen-bond acceptors (Lipinski definition) is 3. The molecule has 0 saturated heterocycles. The van der Waals surface area contributed by atoms with E-state index in [-0.39, 0.29) is 5.78 Å². The van der Waals surface area contributed by atoms with Crippen LogP contribution in [0.25, 0.3) is 0 Å². The molecular weight excluding hydrogens is 311 g/mol. The number of aromatic nitrogens is 2. The summed E-state index contributed by atoms with van der Waals surface area (Å²) in [7, 11) is 1.80. The van der Waals surface area contributed by atoms with Gasteiger partial charge in [-0.1, -0.05) is 0 Å². The Hall–Kier alpha value is -0.690. The summed E-state index contributed by atoms with van der Waals surface area (Å²) >= 11 is 3.78. The number of thiophene rings is 1. The Balaban J connectivity index is 2.33. The molecule has 0 aliphatic heterocycles. The van der Waals surface area contributed by atoms with Gasteiger partial charge in [-0.05, 0) is 28.7 Å². The van der Waals surface area contributed by atoms with Gasteiger partial charge in [-0.25, -0.2) is 0 Å². The molecule has 3 nitrogen and oxygen atoms in total. The summed E-state index contributed by atoms with van der Waals surface area (Å²) in [6, 6.07) is 1.89. The van der Waals surface area contributed by atoms with Crippen molar-refractivity contribution in [2.45, 2.75) is 0 Å². The highest BCUT2D eigenvalue weighted by atomic mass is 127. The Morgan fingerprint density at radius 3 is 2.86 bits per heavy atom. The Morgan fingerprint density at radius 1 is 1.57 bits per heavy atom. The van der Waals surface area contributed by atoms with Crippen LogP contribution in [0.3, 0.4) is 0 Å². The maximum absolute atomic E-state index is 11.8. The van der Waals surface area contributed by atoms with Gasteiger partial charge in [0, 0.05) is 24.2 Å². The Kier molecular flexibility index (Phi) is 2.69. The Morgan fingerprint density at radius 2 is 2.36 bits per heavy atom. The number of halogens is 1. The maximum atomic E-state index is 11.8. The zero-order chi connectivity index (χ0) is 10.1. The van der Waals surface area contributed by atoms with Gasteiger partial charge in [0.05, 0.1) is 14.6 Å². The highest BCUT2D eigenvalue weighted by Crippen LogP contribution is 2.19. The van der Waals surface area contributed by atoms with E-state index < -0.39 is 0 Å². The molecule has 0 fully saturated rings. The molecule has 5 heteroatoms. The van der Waals surface area contributed by atoms with Crippen LogP contribution in [0.4, 0.5) is 0 Å². The predicted octanol–water partition coefficient (Wildman–Crippen LogP) is 2.32. The molecular formula is C9H7IN2OS. The molecule has 0 radical (unpaired) electrons. The summed E-state index contributed by atoms with van der Waals surface area (Å²) in [5.74, 6) is 0.0391. The second kappa shape index (κ2) is 3.82. The molecule has 2 aromatic heterocycles. The van der Waals surface area contributed by atoms with Crippen LogP contribution in [-0.4, -0.2) is 15.6 Å². The standard InChI is InChI=1S/C9H7IN2OS/c1-12-4-7(3-11-12)9(13)6-2-8(10)14-5-6/h2-5H,1H3. The molecule has 72 valence electrons. The molecule has 0 spiro atoms. The Bertz CT molecular complexity index is 432. The third-order valence-electron chi connectivity index (χ3n) is 1.80. The van der Waals surface area contributed by atoms with Crippen molar-refractivity contribution in [1.82, 2.24) is 9.78 Å². The number of ketones is 1. The number of hydrogen-bond donors (Lipinski definition) is 0. The minimum absolute atomic E-state index is 0.0391. The zero-order valence-corrected chi connectivity index (χ0v) is 10.4. The predicted molar refractivity (Wildman–Crippen MR) is 63.7 cm³/mol. The van der Waals surface area contributed by atoms with Crippen molar-refractivity contribution < 1.29 is 4.79 Å². The van der Waals surface area contributed by atoms with Gasteiger partial charge in [0.15, 0.2) is 5.78 Å². The van der Waals surface area contributed by atoms with Gasteiger partial charge in [0.2, 0.25) is 0 Å². The van der Waals surface area contributed by atoms with Crippen LogP contribution in [0, 0.1) is 2.88 Å². The van der Waals surface area contributed by atoms with Crippen LogP contribution < -0.4 is 0 Å². The van der Waals surface area contributed by atoms with Crippen molar-refractivity contribution in [3.63, 3.8) is 0 Å². The van der Waals surface area contributed by atoms with Crippen molar-refractivity contribution >= 4 is 39.7 Å². The highest BCUT2D eigenvalue weighted by molar-refractivity contribution is 14.1. The fraction of sp³-hybridized carbons (Fsp3) is 0.111. The first kappa shape index (κ1) is 9.85. The van der Waals surface area contributed by atoms with E-state index in [1.807, 2.05) is 11.4 Å². The van der Waals surface area contributed by atoms with Crippen molar-refractivity contribution in [1.29, 1.82) is 0 Å². The van der Waals surface area contributed by atoms with Gasteiger partial charge in [0.25, 0.3) is 0 Å². The van der Waals surface area contributed by atoms with Crippen LogP contribution >= 0.6 is 33.9 Å². The summed E-state index contributed by atoms with van der Waals surface area (Å²) < 4.78 is 2.75. The molecule has 0 atom stereocenters. The van der Waals surface area contributed by atoms with Crippen LogP contribution in [0.5, 0.6) is 0 Å². The third-order valence-corrected chi connectivity index (χ3v) is 3.59. The summed E-state index contributed by atoms with van der Waals surface area (Å²) in [5.41, 5.74) is 1.38. The molecule has 2 heterocycles. The second-order valence-electron chi connectivity index (χ2n) is 2.87. The Labute approximate surface area is 98.9 Å². The fourth-order valence-electron chi connectivity index (χ4n) is 1.13. The lowest BCUT2D eigenvalue weighted by Gasteiger charge is -1.90. The monoisotopic (exact) mass is 318 g/mol. The largest absolute Gasteiger partial charge is 0.288 e. The molecule has 0 unspecified atom stereocenters. The zero-order valence-electron chi connectivity index (χ0n) is 7.40. The van der Waals surface area contributed by atoms with Crippen molar-refractivity contribution in [2.24, 2.45) is 7.05 Å². The summed E-state index contributed by atoms with van der Waals surface area (Å²) in [5, 5.41) is 5.84. The fourth-order valence-corrected chi connectivity index (χ4v) is 2.46. The van der Waals surface area contributed by atoms with Crippen molar-refractivity contribution in [3.05, 3.63) is 37.9 Å². The normalized spacial score (nSPS) is 10.4. The maximum Gasteiger partial charge on any atom is 0.197 e. The van der Waals surface area contributed by atoms with Gasteiger partial charge >= 0.3 is 0 Å². The second-order valence-corrected chi connectivity index (χ2v) is 5.68. The number of carbonyl (C=O) groups is 1. The first-order chi connectivity index (χ1) is 6.66. The van der Waals surface area contributed by atoms with Gasteiger partial charge in [-0.3, -0.25) is 9.48 Å². The van der Waals surface area contributed by atoms with Gasteiger partial charge in [-0.2, -0.15) is 5.10 Å². The van der Waals surface area contributed by atoms with E-state index >= 15 is 0 Å². The summed E-state index contributed by atoms with van der Waals surface area (Å²) in [4.78, 5) is 11.8. The van der Waals surface area contributed by atoms with Gasteiger partial charge < -0.3 is 0 Å². The lowest BCUT2D eigenvalue weighted by Crippen LogP contribution is -1.97.